The van der Waals surface area contributed by atoms with Crippen molar-refractivity contribution in [3.63, 3.8) is 0 Å². The standard InChI is InChI=1S/C22H19NO6/c1-13(14-6-5-7-15(11-14)29-12-19(25)26)10-18(24)20-21(27)16-8-3-4-9-17(16)23(2)22(20)28/h3-11,27H,12H2,1-2H3,(H,25,26)/b13-10+. The van der Waals surface area contributed by atoms with Crippen LogP contribution in [0.2, 0.25) is 0 Å². The molecule has 7 nitrogen and oxygen atoms in total. The molecule has 0 aliphatic rings. The number of rotatable bonds is 6. The van der Waals surface area contributed by atoms with E-state index in [0.29, 0.717) is 27.8 Å². The van der Waals surface area contributed by atoms with Crippen LogP contribution in [-0.4, -0.2) is 33.1 Å². The third kappa shape index (κ3) is 4.03. The van der Waals surface area contributed by atoms with Gasteiger partial charge >= 0.3 is 5.97 Å². The van der Waals surface area contributed by atoms with Crippen LogP contribution in [0.5, 0.6) is 11.5 Å². The number of carbonyl (C=O) groups is 2. The summed E-state index contributed by atoms with van der Waals surface area (Å²) in [6.07, 6.45) is 1.27. The van der Waals surface area contributed by atoms with Crippen LogP contribution in [0.3, 0.4) is 0 Å². The van der Waals surface area contributed by atoms with Crippen LogP contribution in [0.1, 0.15) is 22.8 Å². The second-order valence-electron chi connectivity index (χ2n) is 6.51. The molecule has 0 aliphatic heterocycles. The van der Waals surface area contributed by atoms with Gasteiger partial charge in [-0.2, -0.15) is 0 Å². The Hall–Kier alpha value is -3.87. The Balaban J connectivity index is 2.00. The number of ether oxygens (including phenoxy) is 1. The third-order valence-corrected chi connectivity index (χ3v) is 4.52. The summed E-state index contributed by atoms with van der Waals surface area (Å²) < 4.78 is 6.47. The molecule has 0 radical (unpaired) electrons. The molecule has 1 heterocycles. The van der Waals surface area contributed by atoms with Gasteiger partial charge in [-0.3, -0.25) is 9.59 Å². The number of aromatic hydroxyl groups is 1. The van der Waals surface area contributed by atoms with Gasteiger partial charge in [0.2, 0.25) is 0 Å². The lowest BCUT2D eigenvalue weighted by atomic mass is 10.0. The number of allylic oxidation sites excluding steroid dienone is 2. The zero-order chi connectivity index (χ0) is 21.1. The molecule has 2 N–H and O–H groups in total. The molecular weight excluding hydrogens is 374 g/mol. The van der Waals surface area contributed by atoms with Crippen LogP contribution >= 0.6 is 0 Å². The Morgan fingerprint density at radius 1 is 1.14 bits per heavy atom. The maximum Gasteiger partial charge on any atom is 0.341 e. The van der Waals surface area contributed by atoms with Gasteiger partial charge in [-0.05, 0) is 48.4 Å². The summed E-state index contributed by atoms with van der Waals surface area (Å²) >= 11 is 0. The Kier molecular flexibility index (Phi) is 5.50. The van der Waals surface area contributed by atoms with Gasteiger partial charge in [0, 0.05) is 12.4 Å². The molecule has 0 unspecified atom stereocenters. The predicted molar refractivity (Wildman–Crippen MR) is 108 cm³/mol. The van der Waals surface area contributed by atoms with E-state index in [9.17, 15) is 19.5 Å². The molecule has 2 aromatic carbocycles. The van der Waals surface area contributed by atoms with E-state index in [-0.39, 0.29) is 11.3 Å². The Bertz CT molecular complexity index is 1210. The summed E-state index contributed by atoms with van der Waals surface area (Å²) in [5, 5.41) is 19.7. The first kappa shape index (κ1) is 19.9. The smallest absolute Gasteiger partial charge is 0.341 e. The predicted octanol–water partition coefficient (Wildman–Crippen LogP) is 2.99. The van der Waals surface area contributed by atoms with Crippen molar-refractivity contribution in [1.82, 2.24) is 4.57 Å². The van der Waals surface area contributed by atoms with Gasteiger partial charge in [0.15, 0.2) is 12.4 Å². The van der Waals surface area contributed by atoms with Crippen LogP contribution in [0, 0.1) is 0 Å². The molecular formula is C22H19NO6. The zero-order valence-electron chi connectivity index (χ0n) is 15.9. The van der Waals surface area contributed by atoms with Crippen LogP contribution in [0.25, 0.3) is 16.5 Å². The minimum absolute atomic E-state index is 0.302. The number of nitrogens with zero attached hydrogens (tertiary/aromatic N) is 1. The van der Waals surface area contributed by atoms with Crippen LogP contribution in [0.15, 0.2) is 59.4 Å². The first-order valence-electron chi connectivity index (χ1n) is 8.78. The number of benzene rings is 2. The molecule has 0 fully saturated rings. The molecule has 0 spiro atoms. The number of hydrogen-bond donors (Lipinski definition) is 2. The SMILES string of the molecule is C/C(=C\C(=O)c1c(O)c2ccccc2n(C)c1=O)c1cccc(OCC(=O)O)c1. The lowest BCUT2D eigenvalue weighted by Gasteiger charge is -2.10. The molecule has 0 saturated heterocycles. The van der Waals surface area contributed by atoms with Crippen molar-refractivity contribution in [1.29, 1.82) is 0 Å². The lowest BCUT2D eigenvalue weighted by molar-refractivity contribution is -0.139. The summed E-state index contributed by atoms with van der Waals surface area (Å²) in [4.78, 5) is 36.1. The fourth-order valence-electron chi connectivity index (χ4n) is 3.03. The maximum atomic E-state index is 12.8. The van der Waals surface area contributed by atoms with Crippen molar-refractivity contribution in [2.45, 2.75) is 6.92 Å². The molecule has 3 aromatic rings. The highest BCUT2D eigenvalue weighted by molar-refractivity contribution is 6.12. The monoisotopic (exact) mass is 393 g/mol. The number of aliphatic carboxylic acids is 1. The summed E-state index contributed by atoms with van der Waals surface area (Å²) in [5.41, 5.74) is 0.789. The fraction of sp³-hybridized carbons (Fsp3) is 0.136. The number of ketones is 1. The van der Waals surface area contributed by atoms with E-state index in [1.54, 1.807) is 62.5 Å². The van der Waals surface area contributed by atoms with E-state index in [4.69, 9.17) is 9.84 Å². The minimum atomic E-state index is -1.10. The van der Waals surface area contributed by atoms with E-state index in [1.165, 1.54) is 10.6 Å². The summed E-state index contributed by atoms with van der Waals surface area (Å²) in [6, 6.07) is 13.4. The van der Waals surface area contributed by atoms with E-state index in [0.717, 1.165) is 0 Å². The van der Waals surface area contributed by atoms with Crippen molar-refractivity contribution >= 4 is 28.2 Å². The first-order valence-corrected chi connectivity index (χ1v) is 8.78. The van der Waals surface area contributed by atoms with Crippen LogP contribution in [-0.2, 0) is 11.8 Å². The number of pyridine rings is 1. The molecule has 148 valence electrons. The number of carboxylic acid groups (broad SMARTS) is 1. The molecule has 3 rings (SSSR count). The molecule has 0 atom stereocenters. The quantitative estimate of drug-likeness (QED) is 0.493. The Labute approximate surface area is 166 Å². The average Bonchev–Trinajstić information content (AvgIpc) is 2.71. The van der Waals surface area contributed by atoms with Gasteiger partial charge in [0.05, 0.1) is 5.52 Å². The van der Waals surface area contributed by atoms with Gasteiger partial charge in [0.25, 0.3) is 5.56 Å². The number of aryl methyl sites for hydroxylation is 1. The highest BCUT2D eigenvalue weighted by Gasteiger charge is 2.19. The van der Waals surface area contributed by atoms with Crippen molar-refractivity contribution in [3.05, 3.63) is 76.1 Å². The average molecular weight is 393 g/mol. The Morgan fingerprint density at radius 3 is 2.59 bits per heavy atom. The topological polar surface area (TPSA) is 106 Å². The van der Waals surface area contributed by atoms with Gasteiger partial charge in [-0.25, -0.2) is 4.79 Å². The second kappa shape index (κ2) is 8.02. The largest absolute Gasteiger partial charge is 0.506 e. The molecule has 0 bridgehead atoms. The molecule has 0 amide bonds. The molecule has 0 saturated carbocycles. The highest BCUT2D eigenvalue weighted by atomic mass is 16.5. The summed E-state index contributed by atoms with van der Waals surface area (Å²) in [7, 11) is 1.54. The van der Waals surface area contributed by atoms with Gasteiger partial charge in [0.1, 0.15) is 17.1 Å². The number of fused-ring (bicyclic) bond motifs is 1. The Morgan fingerprint density at radius 2 is 1.86 bits per heavy atom. The van der Waals surface area contributed by atoms with Gasteiger partial charge in [-0.15, -0.1) is 0 Å². The van der Waals surface area contributed by atoms with E-state index >= 15 is 0 Å². The first-order chi connectivity index (χ1) is 13.8. The van der Waals surface area contributed by atoms with E-state index in [2.05, 4.69) is 0 Å². The zero-order valence-corrected chi connectivity index (χ0v) is 15.9. The van der Waals surface area contributed by atoms with Crippen molar-refractivity contribution < 1.29 is 24.5 Å². The van der Waals surface area contributed by atoms with Crippen molar-refractivity contribution in [2.75, 3.05) is 6.61 Å². The number of aromatic nitrogens is 1. The van der Waals surface area contributed by atoms with Crippen LogP contribution < -0.4 is 10.3 Å². The molecule has 1 aromatic heterocycles. The van der Waals surface area contributed by atoms with Crippen molar-refractivity contribution in [3.8, 4) is 11.5 Å². The number of carbonyl (C=O) groups excluding carboxylic acids is 1. The molecule has 7 heteroatoms. The van der Waals surface area contributed by atoms with E-state index in [1.807, 2.05) is 0 Å². The van der Waals surface area contributed by atoms with Crippen LogP contribution in [0.4, 0.5) is 0 Å². The van der Waals surface area contributed by atoms with Crippen molar-refractivity contribution in [2.24, 2.45) is 7.05 Å². The molecule has 29 heavy (non-hydrogen) atoms. The number of para-hydroxylation sites is 1. The van der Waals surface area contributed by atoms with Gasteiger partial charge < -0.3 is 19.5 Å². The second-order valence-corrected chi connectivity index (χ2v) is 6.51. The summed E-state index contributed by atoms with van der Waals surface area (Å²) in [5.74, 6) is -1.73. The molecule has 0 aliphatic carbocycles. The third-order valence-electron chi connectivity index (χ3n) is 4.52. The van der Waals surface area contributed by atoms with E-state index < -0.39 is 23.9 Å². The number of carboxylic acids is 1. The summed E-state index contributed by atoms with van der Waals surface area (Å²) in [6.45, 7) is 1.20. The van der Waals surface area contributed by atoms with Gasteiger partial charge in [-0.1, -0.05) is 24.3 Å². The highest BCUT2D eigenvalue weighted by Crippen LogP contribution is 2.27. The maximum absolute atomic E-state index is 12.8. The number of hydrogen-bond acceptors (Lipinski definition) is 5. The fourth-order valence-corrected chi connectivity index (χ4v) is 3.03. The normalized spacial score (nSPS) is 11.4. The minimum Gasteiger partial charge on any atom is -0.506 e. The lowest BCUT2D eigenvalue weighted by Crippen LogP contribution is -2.24.